The van der Waals surface area contributed by atoms with E-state index in [1.54, 1.807) is 12.1 Å². The second-order valence-corrected chi connectivity index (χ2v) is 5.40. The summed E-state index contributed by atoms with van der Waals surface area (Å²) in [7, 11) is 0. The van der Waals surface area contributed by atoms with Crippen LogP contribution in [0.2, 0.25) is 0 Å². The summed E-state index contributed by atoms with van der Waals surface area (Å²) in [5.41, 5.74) is 0. The van der Waals surface area contributed by atoms with E-state index in [2.05, 4.69) is 22.0 Å². The Labute approximate surface area is 128 Å². The lowest BCUT2D eigenvalue weighted by atomic mass is 10.3. The molecule has 0 spiro atoms. The fourth-order valence-corrected chi connectivity index (χ4v) is 2.54. The minimum Gasteiger partial charge on any atom is -0.459 e. The van der Waals surface area contributed by atoms with Crippen molar-refractivity contribution in [1.82, 2.24) is 19.9 Å². The second-order valence-electron chi connectivity index (χ2n) is 5.40. The molecule has 1 fully saturated rings. The summed E-state index contributed by atoms with van der Waals surface area (Å²) in [5.74, 6) is 1.76. The highest BCUT2D eigenvalue weighted by atomic mass is 16.5. The zero-order valence-corrected chi connectivity index (χ0v) is 12.7. The molecule has 1 aliphatic heterocycles. The number of nitrogens with zero attached hydrogens (tertiary/aromatic N) is 4. The average molecular weight is 304 g/mol. The predicted molar refractivity (Wildman–Crippen MR) is 78.2 cm³/mol. The van der Waals surface area contributed by atoms with Gasteiger partial charge >= 0.3 is 0 Å². The Bertz CT molecular complexity index is 600. The Morgan fingerprint density at radius 2 is 2.14 bits per heavy atom. The molecule has 118 valence electrons. The second kappa shape index (κ2) is 6.74. The normalized spacial score (nSPS) is 16.1. The third kappa shape index (κ3) is 3.36. The Kier molecular flexibility index (Phi) is 4.53. The van der Waals surface area contributed by atoms with Gasteiger partial charge in [0, 0.05) is 32.6 Å². The van der Waals surface area contributed by atoms with Crippen molar-refractivity contribution in [3.63, 3.8) is 0 Å². The molecular formula is C15H20N4O3. The number of hydrogen-bond donors (Lipinski definition) is 0. The molecule has 0 radical (unpaired) electrons. The first-order chi connectivity index (χ1) is 10.8. The van der Waals surface area contributed by atoms with Gasteiger partial charge in [0.1, 0.15) is 0 Å². The zero-order valence-electron chi connectivity index (χ0n) is 12.7. The van der Waals surface area contributed by atoms with Crippen LogP contribution in [-0.4, -0.2) is 52.0 Å². The van der Waals surface area contributed by atoms with Crippen LogP contribution in [0.15, 0.2) is 27.3 Å². The minimum absolute atomic E-state index is 0.0485. The molecule has 0 aliphatic carbocycles. The van der Waals surface area contributed by atoms with Gasteiger partial charge in [0.2, 0.25) is 5.89 Å². The van der Waals surface area contributed by atoms with E-state index >= 15 is 0 Å². The van der Waals surface area contributed by atoms with Gasteiger partial charge in [-0.25, -0.2) is 0 Å². The fraction of sp³-hybridized carbons (Fsp3) is 0.533. The van der Waals surface area contributed by atoms with Crippen LogP contribution < -0.4 is 0 Å². The minimum atomic E-state index is -0.0485. The van der Waals surface area contributed by atoms with Crippen LogP contribution in [0.25, 0.3) is 0 Å². The van der Waals surface area contributed by atoms with Crippen molar-refractivity contribution in [3.05, 3.63) is 35.9 Å². The van der Waals surface area contributed by atoms with Crippen molar-refractivity contribution in [2.75, 3.05) is 26.2 Å². The van der Waals surface area contributed by atoms with E-state index in [-0.39, 0.29) is 5.91 Å². The van der Waals surface area contributed by atoms with E-state index in [0.29, 0.717) is 31.3 Å². The Morgan fingerprint density at radius 3 is 2.82 bits per heavy atom. The molecule has 2 aromatic rings. The Morgan fingerprint density at radius 1 is 1.32 bits per heavy atom. The molecule has 1 saturated heterocycles. The van der Waals surface area contributed by atoms with Crippen LogP contribution in [-0.2, 0) is 13.0 Å². The van der Waals surface area contributed by atoms with Gasteiger partial charge in [-0.1, -0.05) is 12.1 Å². The molecule has 3 rings (SSSR count). The number of aryl methyl sites for hydroxylation is 1. The van der Waals surface area contributed by atoms with Crippen LogP contribution in [0.4, 0.5) is 0 Å². The van der Waals surface area contributed by atoms with Gasteiger partial charge in [-0.15, -0.1) is 0 Å². The fourth-order valence-electron chi connectivity index (χ4n) is 2.54. The molecule has 0 N–H and O–H groups in total. The number of aromatic nitrogens is 2. The van der Waals surface area contributed by atoms with Crippen molar-refractivity contribution in [3.8, 4) is 0 Å². The SMILES string of the molecule is CCCc1noc(CN2CCN(C(=O)c3ccco3)CC2)n1. The molecule has 7 heteroatoms. The first kappa shape index (κ1) is 14.8. The first-order valence-electron chi connectivity index (χ1n) is 7.63. The van der Waals surface area contributed by atoms with Crippen LogP contribution in [0.3, 0.4) is 0 Å². The number of rotatable bonds is 5. The highest BCUT2D eigenvalue weighted by Gasteiger charge is 2.24. The maximum absolute atomic E-state index is 12.2. The van der Waals surface area contributed by atoms with E-state index in [1.807, 2.05) is 4.90 Å². The summed E-state index contributed by atoms with van der Waals surface area (Å²) >= 11 is 0. The molecule has 0 aromatic carbocycles. The van der Waals surface area contributed by atoms with Gasteiger partial charge in [0.25, 0.3) is 5.91 Å². The number of amides is 1. The quantitative estimate of drug-likeness (QED) is 0.834. The topological polar surface area (TPSA) is 75.6 Å². The van der Waals surface area contributed by atoms with Gasteiger partial charge in [-0.2, -0.15) is 4.98 Å². The monoisotopic (exact) mass is 304 g/mol. The first-order valence-corrected chi connectivity index (χ1v) is 7.63. The lowest BCUT2D eigenvalue weighted by Gasteiger charge is -2.33. The molecule has 1 amide bonds. The zero-order chi connectivity index (χ0) is 15.4. The summed E-state index contributed by atoms with van der Waals surface area (Å²) < 4.78 is 10.4. The molecule has 3 heterocycles. The van der Waals surface area contributed by atoms with Gasteiger partial charge < -0.3 is 13.8 Å². The van der Waals surface area contributed by atoms with Gasteiger partial charge in [-0.05, 0) is 18.6 Å². The molecule has 0 bridgehead atoms. The van der Waals surface area contributed by atoms with E-state index in [0.717, 1.165) is 31.8 Å². The number of carbonyl (C=O) groups excluding carboxylic acids is 1. The predicted octanol–water partition coefficient (Wildman–Crippen LogP) is 1.57. The van der Waals surface area contributed by atoms with E-state index in [4.69, 9.17) is 8.94 Å². The molecule has 0 unspecified atom stereocenters. The highest BCUT2D eigenvalue weighted by molar-refractivity contribution is 5.91. The van der Waals surface area contributed by atoms with Crippen molar-refractivity contribution >= 4 is 5.91 Å². The van der Waals surface area contributed by atoms with Gasteiger partial charge in [0.15, 0.2) is 11.6 Å². The molecule has 2 aromatic heterocycles. The van der Waals surface area contributed by atoms with Crippen LogP contribution in [0, 0.1) is 0 Å². The standard InChI is InChI=1S/C15H20N4O3/c1-2-4-13-16-14(22-17-13)11-18-6-8-19(9-7-18)15(20)12-5-3-10-21-12/h3,5,10H,2,4,6-9,11H2,1H3. The molecule has 0 saturated carbocycles. The van der Waals surface area contributed by atoms with E-state index in [9.17, 15) is 4.79 Å². The third-order valence-corrected chi connectivity index (χ3v) is 3.73. The highest BCUT2D eigenvalue weighted by Crippen LogP contribution is 2.11. The van der Waals surface area contributed by atoms with Crippen LogP contribution in [0.5, 0.6) is 0 Å². The third-order valence-electron chi connectivity index (χ3n) is 3.73. The lowest BCUT2D eigenvalue weighted by molar-refractivity contribution is 0.0585. The molecule has 22 heavy (non-hydrogen) atoms. The average Bonchev–Trinajstić information content (AvgIpc) is 3.20. The summed E-state index contributed by atoms with van der Waals surface area (Å²) in [6.07, 6.45) is 3.37. The van der Waals surface area contributed by atoms with E-state index < -0.39 is 0 Å². The largest absolute Gasteiger partial charge is 0.459 e. The summed E-state index contributed by atoms with van der Waals surface area (Å²) in [6.45, 7) is 5.66. The van der Waals surface area contributed by atoms with Crippen LogP contribution in [0.1, 0.15) is 35.6 Å². The molecular weight excluding hydrogens is 284 g/mol. The van der Waals surface area contributed by atoms with Crippen molar-refractivity contribution in [2.45, 2.75) is 26.3 Å². The number of furan rings is 1. The van der Waals surface area contributed by atoms with Crippen molar-refractivity contribution < 1.29 is 13.7 Å². The Hall–Kier alpha value is -2.15. The Balaban J connectivity index is 1.50. The number of hydrogen-bond acceptors (Lipinski definition) is 6. The van der Waals surface area contributed by atoms with Crippen LogP contribution >= 0.6 is 0 Å². The van der Waals surface area contributed by atoms with Gasteiger partial charge in [0.05, 0.1) is 12.8 Å². The summed E-state index contributed by atoms with van der Waals surface area (Å²) in [4.78, 5) is 20.6. The lowest BCUT2D eigenvalue weighted by Crippen LogP contribution is -2.48. The molecule has 0 atom stereocenters. The molecule has 1 aliphatic rings. The number of carbonyl (C=O) groups is 1. The number of piperazine rings is 1. The van der Waals surface area contributed by atoms with Crippen molar-refractivity contribution in [2.24, 2.45) is 0 Å². The van der Waals surface area contributed by atoms with E-state index in [1.165, 1.54) is 6.26 Å². The summed E-state index contributed by atoms with van der Waals surface area (Å²) in [5, 5.41) is 3.96. The summed E-state index contributed by atoms with van der Waals surface area (Å²) in [6, 6.07) is 3.43. The molecule has 7 nitrogen and oxygen atoms in total. The van der Waals surface area contributed by atoms with Crippen molar-refractivity contribution in [1.29, 1.82) is 0 Å². The maximum Gasteiger partial charge on any atom is 0.289 e. The maximum atomic E-state index is 12.2. The smallest absolute Gasteiger partial charge is 0.289 e. The van der Waals surface area contributed by atoms with Gasteiger partial charge in [-0.3, -0.25) is 9.69 Å².